The Kier molecular flexibility index (Phi) is 3.45. The Bertz CT molecular complexity index is 394. The maximum atomic E-state index is 10.4. The van der Waals surface area contributed by atoms with Crippen LogP contribution in [0.2, 0.25) is 0 Å². The highest BCUT2D eigenvalue weighted by atomic mass is 79.9. The van der Waals surface area contributed by atoms with E-state index in [2.05, 4.69) is 57.5 Å². The molecule has 0 saturated heterocycles. The molecule has 0 aliphatic heterocycles. The fraction of sp³-hybridized carbons (Fsp3) is 0.571. The third kappa shape index (κ3) is 2.60. The number of rotatable bonds is 0. The third-order valence-corrected chi connectivity index (χ3v) is 3.35. The minimum absolute atomic E-state index is 0.0369. The Labute approximate surface area is 107 Å². The zero-order chi connectivity index (χ0) is 12.7. The summed E-state index contributed by atoms with van der Waals surface area (Å²) >= 11 is 3.52. The van der Waals surface area contributed by atoms with Gasteiger partial charge in [0, 0.05) is 10.0 Å². The van der Waals surface area contributed by atoms with E-state index in [4.69, 9.17) is 0 Å². The largest absolute Gasteiger partial charge is 0.507 e. The van der Waals surface area contributed by atoms with E-state index < -0.39 is 0 Å². The summed E-state index contributed by atoms with van der Waals surface area (Å²) in [4.78, 5) is 0. The molecule has 0 bridgehead atoms. The molecule has 0 heterocycles. The van der Waals surface area contributed by atoms with Gasteiger partial charge >= 0.3 is 0 Å². The molecule has 0 radical (unpaired) electrons. The second-order valence-electron chi connectivity index (χ2n) is 6.32. The summed E-state index contributed by atoms with van der Waals surface area (Å²) in [6.07, 6.45) is 0. The lowest BCUT2D eigenvalue weighted by atomic mass is 9.79. The molecule has 0 aliphatic rings. The minimum Gasteiger partial charge on any atom is -0.507 e. The molecule has 0 aromatic heterocycles. The van der Waals surface area contributed by atoms with Crippen molar-refractivity contribution in [2.75, 3.05) is 0 Å². The molecule has 2 heteroatoms. The van der Waals surface area contributed by atoms with Gasteiger partial charge in [0.15, 0.2) is 0 Å². The monoisotopic (exact) mass is 284 g/mol. The highest BCUT2D eigenvalue weighted by Gasteiger charge is 2.27. The van der Waals surface area contributed by atoms with Gasteiger partial charge in [0.25, 0.3) is 0 Å². The van der Waals surface area contributed by atoms with Crippen molar-refractivity contribution >= 4 is 15.9 Å². The summed E-state index contributed by atoms with van der Waals surface area (Å²) in [6.45, 7) is 12.7. The summed E-state index contributed by atoms with van der Waals surface area (Å²) < 4.78 is 0.977. The summed E-state index contributed by atoms with van der Waals surface area (Å²) in [5.74, 6) is 0.425. The van der Waals surface area contributed by atoms with Gasteiger partial charge in [-0.3, -0.25) is 0 Å². The Hall–Kier alpha value is -0.500. The van der Waals surface area contributed by atoms with Gasteiger partial charge in [0.2, 0.25) is 0 Å². The number of phenols is 1. The van der Waals surface area contributed by atoms with Gasteiger partial charge < -0.3 is 5.11 Å². The van der Waals surface area contributed by atoms with E-state index in [0.29, 0.717) is 5.75 Å². The number of aromatic hydroxyl groups is 1. The fourth-order valence-corrected chi connectivity index (χ4v) is 2.80. The standard InChI is InChI=1S/C14H21BrO/c1-13(2,3)9-7-8-10(15)11(12(9)16)14(4,5)6/h7-8,16H,1-6H3. The third-order valence-electron chi connectivity index (χ3n) is 2.69. The number of hydrogen-bond acceptors (Lipinski definition) is 1. The van der Waals surface area contributed by atoms with E-state index in [0.717, 1.165) is 15.6 Å². The van der Waals surface area contributed by atoms with Crippen LogP contribution < -0.4 is 0 Å². The molecule has 90 valence electrons. The quantitative estimate of drug-likeness (QED) is 0.729. The van der Waals surface area contributed by atoms with Gasteiger partial charge in [0.05, 0.1) is 0 Å². The van der Waals surface area contributed by atoms with Crippen LogP contribution in [0.1, 0.15) is 52.7 Å². The number of halogens is 1. The zero-order valence-corrected chi connectivity index (χ0v) is 12.6. The first-order valence-corrected chi connectivity index (χ1v) is 6.37. The zero-order valence-electron chi connectivity index (χ0n) is 11.0. The number of hydrogen-bond donors (Lipinski definition) is 1. The molecule has 1 aromatic rings. The smallest absolute Gasteiger partial charge is 0.124 e. The second kappa shape index (κ2) is 4.06. The lowest BCUT2D eigenvalue weighted by Crippen LogP contribution is -2.17. The van der Waals surface area contributed by atoms with Gasteiger partial charge in [-0.05, 0) is 22.5 Å². The van der Waals surface area contributed by atoms with E-state index >= 15 is 0 Å². The van der Waals surface area contributed by atoms with Gasteiger partial charge in [-0.1, -0.05) is 63.5 Å². The minimum atomic E-state index is -0.0653. The number of benzene rings is 1. The van der Waals surface area contributed by atoms with Gasteiger partial charge in [-0.15, -0.1) is 0 Å². The van der Waals surface area contributed by atoms with Crippen LogP contribution in [0, 0.1) is 0 Å². The predicted octanol–water partition coefficient (Wildman–Crippen LogP) is 4.75. The second-order valence-corrected chi connectivity index (χ2v) is 7.17. The van der Waals surface area contributed by atoms with E-state index in [1.54, 1.807) is 0 Å². The molecule has 1 N–H and O–H groups in total. The van der Waals surface area contributed by atoms with Crippen molar-refractivity contribution in [1.29, 1.82) is 0 Å². The molecule has 1 aromatic carbocycles. The normalized spacial score (nSPS) is 12.9. The lowest BCUT2D eigenvalue weighted by molar-refractivity contribution is 0.422. The first kappa shape index (κ1) is 13.6. The van der Waals surface area contributed by atoms with Crippen LogP contribution in [0.15, 0.2) is 16.6 Å². The molecule has 0 saturated carbocycles. The molecule has 1 nitrogen and oxygen atoms in total. The summed E-state index contributed by atoms with van der Waals surface area (Å²) in [5, 5.41) is 10.4. The van der Waals surface area contributed by atoms with E-state index in [1.165, 1.54) is 0 Å². The Morgan fingerprint density at radius 3 is 1.81 bits per heavy atom. The van der Waals surface area contributed by atoms with Crippen molar-refractivity contribution in [1.82, 2.24) is 0 Å². The van der Waals surface area contributed by atoms with Crippen LogP contribution >= 0.6 is 15.9 Å². The average Bonchev–Trinajstić information content (AvgIpc) is 1.97. The van der Waals surface area contributed by atoms with Gasteiger partial charge in [0.1, 0.15) is 5.75 Å². The van der Waals surface area contributed by atoms with E-state index in [1.807, 2.05) is 12.1 Å². The molecular weight excluding hydrogens is 264 g/mol. The maximum absolute atomic E-state index is 10.4. The van der Waals surface area contributed by atoms with Crippen molar-refractivity contribution in [3.63, 3.8) is 0 Å². The predicted molar refractivity (Wildman–Crippen MR) is 73.2 cm³/mol. The summed E-state index contributed by atoms with van der Waals surface area (Å²) in [5.41, 5.74) is 1.88. The Morgan fingerprint density at radius 1 is 0.938 bits per heavy atom. The number of phenolic OH excluding ortho intramolecular Hbond substituents is 1. The van der Waals surface area contributed by atoms with Gasteiger partial charge in [-0.2, -0.15) is 0 Å². The molecular formula is C14H21BrO. The first-order chi connectivity index (χ1) is 7.05. The summed E-state index contributed by atoms with van der Waals surface area (Å²) in [7, 11) is 0. The van der Waals surface area contributed by atoms with Crippen molar-refractivity contribution in [3.05, 3.63) is 27.7 Å². The topological polar surface area (TPSA) is 20.2 Å². The molecule has 1 rings (SSSR count). The molecule has 0 atom stereocenters. The first-order valence-electron chi connectivity index (χ1n) is 5.57. The van der Waals surface area contributed by atoms with Crippen molar-refractivity contribution in [3.8, 4) is 5.75 Å². The average molecular weight is 285 g/mol. The SMILES string of the molecule is CC(C)(C)c1ccc(Br)c(C(C)(C)C)c1O. The van der Waals surface area contributed by atoms with Crippen molar-refractivity contribution in [2.24, 2.45) is 0 Å². The van der Waals surface area contributed by atoms with Crippen LogP contribution in [-0.2, 0) is 10.8 Å². The van der Waals surface area contributed by atoms with Crippen LogP contribution in [0.3, 0.4) is 0 Å². The summed E-state index contributed by atoms with van der Waals surface area (Å²) in [6, 6.07) is 4.02. The molecule has 16 heavy (non-hydrogen) atoms. The lowest BCUT2D eigenvalue weighted by Gasteiger charge is -2.28. The maximum Gasteiger partial charge on any atom is 0.124 e. The molecule has 0 fully saturated rings. The fourth-order valence-electron chi connectivity index (χ4n) is 1.89. The Morgan fingerprint density at radius 2 is 1.44 bits per heavy atom. The van der Waals surface area contributed by atoms with E-state index in [9.17, 15) is 5.11 Å². The molecule has 0 amide bonds. The van der Waals surface area contributed by atoms with Crippen molar-refractivity contribution in [2.45, 2.75) is 52.4 Å². The molecule has 0 aliphatic carbocycles. The van der Waals surface area contributed by atoms with Crippen LogP contribution in [0.5, 0.6) is 5.75 Å². The highest BCUT2D eigenvalue weighted by molar-refractivity contribution is 9.10. The van der Waals surface area contributed by atoms with E-state index in [-0.39, 0.29) is 10.8 Å². The molecule has 0 spiro atoms. The van der Waals surface area contributed by atoms with Crippen LogP contribution in [0.4, 0.5) is 0 Å². The van der Waals surface area contributed by atoms with Gasteiger partial charge in [-0.25, -0.2) is 0 Å². The van der Waals surface area contributed by atoms with Crippen molar-refractivity contribution < 1.29 is 5.11 Å². The Balaban J connectivity index is 3.52. The van der Waals surface area contributed by atoms with Crippen LogP contribution in [-0.4, -0.2) is 5.11 Å². The van der Waals surface area contributed by atoms with Crippen LogP contribution in [0.25, 0.3) is 0 Å². The molecule has 0 unspecified atom stereocenters. The highest BCUT2D eigenvalue weighted by Crippen LogP contribution is 2.42.